The van der Waals surface area contributed by atoms with Crippen LogP contribution in [0, 0.1) is 0 Å². The maximum Gasteiger partial charge on any atom is 0.339 e. The summed E-state index contributed by atoms with van der Waals surface area (Å²) in [4.78, 5) is 11.3. The van der Waals surface area contributed by atoms with Crippen LogP contribution in [-0.4, -0.2) is 22.8 Å². The van der Waals surface area contributed by atoms with Crippen molar-refractivity contribution in [1.29, 1.82) is 0 Å². The second kappa shape index (κ2) is 5.36. The third-order valence-corrected chi connectivity index (χ3v) is 1.86. The quantitative estimate of drug-likeness (QED) is 0.737. The molecule has 0 aliphatic carbocycles. The largest absolute Gasteiger partial charge is 0.508 e. The molecule has 0 aromatic heterocycles. The first-order valence-corrected chi connectivity index (χ1v) is 4.78. The number of esters is 1. The van der Waals surface area contributed by atoms with Gasteiger partial charge in [-0.25, -0.2) is 4.79 Å². The lowest BCUT2D eigenvalue weighted by Gasteiger charge is -2.10. The molecule has 1 aromatic rings. The van der Waals surface area contributed by atoms with Gasteiger partial charge in [0.05, 0.1) is 6.61 Å². The minimum atomic E-state index is -1.33. The molecule has 1 aromatic carbocycles. The number of carbonyl (C=O) groups excluding carboxylic acids is 1. The molecule has 4 heteroatoms. The number of ether oxygens (including phenoxy) is 1. The Kier molecular flexibility index (Phi) is 4.12. The highest BCUT2D eigenvalue weighted by atomic mass is 16.5. The van der Waals surface area contributed by atoms with E-state index in [1.807, 2.05) is 6.92 Å². The Balaban J connectivity index is 2.67. The number of hydrogen-bond donors (Lipinski definition) is 2. The number of phenolic OH excluding ortho intramolecular Hbond substituents is 1. The van der Waals surface area contributed by atoms with E-state index in [0.29, 0.717) is 12.0 Å². The normalized spacial score (nSPS) is 12.1. The van der Waals surface area contributed by atoms with Gasteiger partial charge in [0.25, 0.3) is 0 Å². The number of aliphatic hydroxyl groups is 1. The van der Waals surface area contributed by atoms with E-state index in [4.69, 9.17) is 9.84 Å². The molecule has 82 valence electrons. The smallest absolute Gasteiger partial charge is 0.339 e. The zero-order valence-electron chi connectivity index (χ0n) is 8.51. The summed E-state index contributed by atoms with van der Waals surface area (Å²) >= 11 is 0. The maximum absolute atomic E-state index is 11.3. The van der Waals surface area contributed by atoms with Gasteiger partial charge in [-0.1, -0.05) is 19.1 Å². The lowest BCUT2D eigenvalue weighted by Crippen LogP contribution is -2.15. The van der Waals surface area contributed by atoms with E-state index in [2.05, 4.69) is 0 Å². The molecule has 15 heavy (non-hydrogen) atoms. The van der Waals surface area contributed by atoms with Gasteiger partial charge in [0.1, 0.15) is 5.75 Å². The number of rotatable bonds is 4. The first-order chi connectivity index (χ1) is 7.15. The van der Waals surface area contributed by atoms with Gasteiger partial charge in [-0.05, 0) is 24.1 Å². The van der Waals surface area contributed by atoms with E-state index in [9.17, 15) is 9.90 Å². The predicted molar refractivity (Wildman–Crippen MR) is 54.3 cm³/mol. The van der Waals surface area contributed by atoms with Crippen LogP contribution in [0.5, 0.6) is 5.75 Å². The molecule has 0 fully saturated rings. The Hall–Kier alpha value is -1.55. The summed E-state index contributed by atoms with van der Waals surface area (Å²) in [5.74, 6) is -0.683. The number of aromatic hydroxyl groups is 1. The fraction of sp³-hybridized carbons (Fsp3) is 0.364. The number of carbonyl (C=O) groups is 1. The molecule has 0 aliphatic heterocycles. The van der Waals surface area contributed by atoms with Crippen molar-refractivity contribution in [3.8, 4) is 5.75 Å². The monoisotopic (exact) mass is 210 g/mol. The van der Waals surface area contributed by atoms with Gasteiger partial charge in [-0.3, -0.25) is 0 Å². The van der Waals surface area contributed by atoms with Gasteiger partial charge in [0.15, 0.2) is 6.10 Å². The Morgan fingerprint density at radius 2 is 2.27 bits per heavy atom. The molecule has 4 nitrogen and oxygen atoms in total. The molecule has 0 spiro atoms. The van der Waals surface area contributed by atoms with E-state index in [-0.39, 0.29) is 12.4 Å². The predicted octanol–water partition coefficient (Wildman–Crippen LogP) is 1.38. The molecule has 1 atom stereocenters. The Labute approximate surface area is 88.1 Å². The number of benzene rings is 1. The average molecular weight is 210 g/mol. The van der Waals surface area contributed by atoms with E-state index < -0.39 is 12.1 Å². The molecule has 0 amide bonds. The van der Waals surface area contributed by atoms with Crippen molar-refractivity contribution in [3.05, 3.63) is 29.8 Å². The van der Waals surface area contributed by atoms with E-state index in [1.165, 1.54) is 12.1 Å². The van der Waals surface area contributed by atoms with Crippen molar-refractivity contribution in [2.45, 2.75) is 19.4 Å². The van der Waals surface area contributed by atoms with Crippen LogP contribution in [0.4, 0.5) is 0 Å². The van der Waals surface area contributed by atoms with Crippen molar-refractivity contribution in [2.24, 2.45) is 0 Å². The van der Waals surface area contributed by atoms with Gasteiger partial charge in [0.2, 0.25) is 0 Å². The van der Waals surface area contributed by atoms with Crippen LogP contribution in [0.1, 0.15) is 25.0 Å². The van der Waals surface area contributed by atoms with Crippen LogP contribution < -0.4 is 0 Å². The highest BCUT2D eigenvalue weighted by Gasteiger charge is 2.18. The van der Waals surface area contributed by atoms with Crippen molar-refractivity contribution >= 4 is 5.97 Å². The number of hydrogen-bond acceptors (Lipinski definition) is 4. The first-order valence-electron chi connectivity index (χ1n) is 4.78. The van der Waals surface area contributed by atoms with E-state index in [1.54, 1.807) is 12.1 Å². The molecule has 0 saturated heterocycles. The van der Waals surface area contributed by atoms with Gasteiger partial charge >= 0.3 is 5.97 Å². The second-order valence-corrected chi connectivity index (χ2v) is 3.17. The van der Waals surface area contributed by atoms with Crippen molar-refractivity contribution in [1.82, 2.24) is 0 Å². The van der Waals surface area contributed by atoms with Gasteiger partial charge < -0.3 is 14.9 Å². The van der Waals surface area contributed by atoms with Crippen LogP contribution in [-0.2, 0) is 9.53 Å². The summed E-state index contributed by atoms with van der Waals surface area (Å²) < 4.78 is 4.78. The topological polar surface area (TPSA) is 66.8 Å². The van der Waals surface area contributed by atoms with Crippen molar-refractivity contribution < 1.29 is 19.7 Å². The highest BCUT2D eigenvalue weighted by Crippen LogP contribution is 2.19. The molecule has 0 saturated carbocycles. The van der Waals surface area contributed by atoms with Crippen LogP contribution in [0.3, 0.4) is 0 Å². The minimum Gasteiger partial charge on any atom is -0.508 e. The summed E-state index contributed by atoms with van der Waals surface area (Å²) in [6.45, 7) is 2.16. The molecule has 0 bridgehead atoms. The zero-order chi connectivity index (χ0) is 11.3. The second-order valence-electron chi connectivity index (χ2n) is 3.17. The third kappa shape index (κ3) is 3.25. The van der Waals surface area contributed by atoms with Crippen LogP contribution in [0.15, 0.2) is 24.3 Å². The number of aliphatic hydroxyl groups excluding tert-OH is 1. The summed E-state index contributed by atoms with van der Waals surface area (Å²) in [6.07, 6.45) is -0.623. The fourth-order valence-electron chi connectivity index (χ4n) is 1.11. The van der Waals surface area contributed by atoms with Gasteiger partial charge in [0, 0.05) is 0 Å². The summed E-state index contributed by atoms with van der Waals surface area (Å²) in [5, 5.41) is 18.7. The molecule has 1 rings (SSSR count). The molecule has 2 N–H and O–H groups in total. The average Bonchev–Trinajstić information content (AvgIpc) is 2.24. The summed E-state index contributed by atoms with van der Waals surface area (Å²) in [6, 6.07) is 5.91. The molecule has 0 aliphatic rings. The Morgan fingerprint density at radius 1 is 1.53 bits per heavy atom. The molecular weight excluding hydrogens is 196 g/mol. The number of phenols is 1. The zero-order valence-corrected chi connectivity index (χ0v) is 8.51. The van der Waals surface area contributed by atoms with E-state index >= 15 is 0 Å². The summed E-state index contributed by atoms with van der Waals surface area (Å²) in [7, 11) is 0. The van der Waals surface area contributed by atoms with E-state index in [0.717, 1.165) is 0 Å². The highest BCUT2D eigenvalue weighted by molar-refractivity contribution is 5.76. The minimum absolute atomic E-state index is 0.00911. The lowest BCUT2D eigenvalue weighted by molar-refractivity contribution is -0.153. The first kappa shape index (κ1) is 11.5. The molecule has 0 radical (unpaired) electrons. The molecule has 1 unspecified atom stereocenters. The Morgan fingerprint density at radius 3 is 2.87 bits per heavy atom. The molecule has 0 heterocycles. The van der Waals surface area contributed by atoms with Crippen LogP contribution >= 0.6 is 0 Å². The van der Waals surface area contributed by atoms with Gasteiger partial charge in [-0.2, -0.15) is 0 Å². The lowest BCUT2D eigenvalue weighted by atomic mass is 10.1. The molecular formula is C11H14O4. The standard InChI is InChI=1S/C11H14O4/c1-2-6-15-11(14)10(13)8-4-3-5-9(12)7-8/h3-5,7,10,12-13H,2,6H2,1H3. The Bertz CT molecular complexity index is 335. The SMILES string of the molecule is CCCOC(=O)C(O)c1cccc(O)c1. The van der Waals surface area contributed by atoms with Gasteiger partial charge in [-0.15, -0.1) is 0 Å². The third-order valence-electron chi connectivity index (χ3n) is 1.86. The van der Waals surface area contributed by atoms with Crippen molar-refractivity contribution in [2.75, 3.05) is 6.61 Å². The van der Waals surface area contributed by atoms with Crippen molar-refractivity contribution in [3.63, 3.8) is 0 Å². The summed E-state index contributed by atoms with van der Waals surface area (Å²) in [5.41, 5.74) is 0.330. The van der Waals surface area contributed by atoms with Crippen LogP contribution in [0.25, 0.3) is 0 Å². The fourth-order valence-corrected chi connectivity index (χ4v) is 1.11. The maximum atomic E-state index is 11.3. The van der Waals surface area contributed by atoms with Crippen LogP contribution in [0.2, 0.25) is 0 Å².